The normalized spacial score (nSPS) is 10.4. The predicted octanol–water partition coefficient (Wildman–Crippen LogP) is 3.55. The second-order valence-electron chi connectivity index (χ2n) is 3.35. The van der Waals surface area contributed by atoms with Gasteiger partial charge < -0.3 is 10.2 Å². The van der Waals surface area contributed by atoms with E-state index in [0.717, 1.165) is 0 Å². The highest BCUT2D eigenvalue weighted by molar-refractivity contribution is 6.49. The van der Waals surface area contributed by atoms with Crippen LogP contribution in [0.2, 0.25) is 20.1 Å². The van der Waals surface area contributed by atoms with E-state index in [0.29, 0.717) is 0 Å². The lowest BCUT2D eigenvalue weighted by Gasteiger charge is -2.13. The van der Waals surface area contributed by atoms with E-state index in [-0.39, 0.29) is 31.2 Å². The Bertz CT molecular complexity index is 451. The van der Waals surface area contributed by atoms with Gasteiger partial charge in [0.15, 0.2) is 0 Å². The molecule has 0 bridgehead atoms. The Hall–Kier alpha value is -0.680. The lowest BCUT2D eigenvalue weighted by molar-refractivity contribution is -0.137. The molecule has 8 heteroatoms. The summed E-state index contributed by atoms with van der Waals surface area (Å²) >= 11 is 23.5. The summed E-state index contributed by atoms with van der Waals surface area (Å²) in [6.07, 6.45) is -0.908. The van der Waals surface area contributed by atoms with Crippen molar-refractivity contribution in [1.29, 1.82) is 0 Å². The minimum absolute atomic E-state index is 0.0648. The number of carboxylic acids is 2. The average molecular weight is 332 g/mol. The standard InChI is InChI=1S/C10H6Cl4O4/c11-7-3(1-5(15)16)8(12)10(14)4(9(7)13)2-6(17)18/h1-2H2,(H,15,16)(H,17,18). The third kappa shape index (κ3) is 3.20. The molecule has 0 unspecified atom stereocenters. The number of hydrogen-bond acceptors (Lipinski definition) is 2. The van der Waals surface area contributed by atoms with Crippen LogP contribution >= 0.6 is 46.4 Å². The maximum absolute atomic E-state index is 10.7. The van der Waals surface area contributed by atoms with Crippen molar-refractivity contribution in [2.45, 2.75) is 12.8 Å². The molecule has 18 heavy (non-hydrogen) atoms. The lowest BCUT2D eigenvalue weighted by Crippen LogP contribution is -2.06. The molecule has 0 radical (unpaired) electrons. The first-order valence-corrected chi connectivity index (χ1v) is 6.04. The SMILES string of the molecule is O=C(O)Cc1c(Cl)c(Cl)c(CC(=O)O)c(Cl)c1Cl. The molecule has 0 aromatic heterocycles. The van der Waals surface area contributed by atoms with Crippen molar-refractivity contribution in [3.05, 3.63) is 31.2 Å². The molecule has 0 spiro atoms. The van der Waals surface area contributed by atoms with Crippen LogP contribution in [0.3, 0.4) is 0 Å². The Kier molecular flexibility index (Phi) is 5.10. The number of halogens is 4. The van der Waals surface area contributed by atoms with Crippen molar-refractivity contribution in [3.8, 4) is 0 Å². The van der Waals surface area contributed by atoms with Crippen molar-refractivity contribution in [3.63, 3.8) is 0 Å². The number of rotatable bonds is 4. The Morgan fingerprint density at radius 3 is 1.11 bits per heavy atom. The molecule has 0 saturated heterocycles. The first kappa shape index (κ1) is 15.4. The van der Waals surface area contributed by atoms with Crippen molar-refractivity contribution in [2.75, 3.05) is 0 Å². The zero-order valence-corrected chi connectivity index (χ0v) is 11.7. The molecule has 2 N–H and O–H groups in total. The molecule has 0 atom stereocenters. The van der Waals surface area contributed by atoms with Gasteiger partial charge in [0, 0.05) is 11.1 Å². The van der Waals surface area contributed by atoms with Gasteiger partial charge in [0.05, 0.1) is 32.9 Å². The predicted molar refractivity (Wildman–Crippen MR) is 69.2 cm³/mol. The summed E-state index contributed by atoms with van der Waals surface area (Å²) in [5, 5.41) is 17.1. The second kappa shape index (κ2) is 5.97. The zero-order chi connectivity index (χ0) is 14.0. The van der Waals surface area contributed by atoms with E-state index in [1.807, 2.05) is 0 Å². The van der Waals surface area contributed by atoms with Gasteiger partial charge in [-0.1, -0.05) is 46.4 Å². The van der Waals surface area contributed by atoms with E-state index in [4.69, 9.17) is 56.6 Å². The third-order valence-corrected chi connectivity index (χ3v) is 3.96. The van der Waals surface area contributed by atoms with E-state index in [1.165, 1.54) is 0 Å². The Morgan fingerprint density at radius 2 is 0.944 bits per heavy atom. The Balaban J connectivity index is 3.44. The monoisotopic (exact) mass is 330 g/mol. The van der Waals surface area contributed by atoms with Gasteiger partial charge in [0.25, 0.3) is 0 Å². The maximum Gasteiger partial charge on any atom is 0.307 e. The molecular weight excluding hydrogens is 326 g/mol. The summed E-state index contributed by atoms with van der Waals surface area (Å²) < 4.78 is 0. The van der Waals surface area contributed by atoms with E-state index < -0.39 is 24.8 Å². The summed E-state index contributed by atoms with van der Waals surface area (Å²) in [5.41, 5.74) is 0.130. The van der Waals surface area contributed by atoms with Crippen LogP contribution in [0.25, 0.3) is 0 Å². The lowest BCUT2D eigenvalue weighted by atomic mass is 10.1. The number of carboxylic acid groups (broad SMARTS) is 2. The fraction of sp³-hybridized carbons (Fsp3) is 0.200. The van der Waals surface area contributed by atoms with E-state index >= 15 is 0 Å². The van der Waals surface area contributed by atoms with Gasteiger partial charge in [-0.3, -0.25) is 9.59 Å². The number of aliphatic carboxylic acids is 2. The molecule has 1 aromatic rings. The third-order valence-electron chi connectivity index (χ3n) is 2.10. The van der Waals surface area contributed by atoms with Gasteiger partial charge in [-0.15, -0.1) is 0 Å². The highest BCUT2D eigenvalue weighted by atomic mass is 35.5. The van der Waals surface area contributed by atoms with Crippen LogP contribution in [0.15, 0.2) is 0 Å². The highest BCUT2D eigenvalue weighted by Gasteiger charge is 2.22. The summed E-state index contributed by atoms with van der Waals surface area (Å²) in [4.78, 5) is 21.3. The highest BCUT2D eigenvalue weighted by Crippen LogP contribution is 2.41. The first-order valence-electron chi connectivity index (χ1n) is 4.53. The molecule has 98 valence electrons. The summed E-state index contributed by atoms with van der Waals surface area (Å²) in [5.74, 6) is -2.31. The van der Waals surface area contributed by atoms with Crippen LogP contribution < -0.4 is 0 Å². The molecule has 1 rings (SSSR count). The molecule has 0 aliphatic heterocycles. The van der Waals surface area contributed by atoms with Crippen LogP contribution in [-0.4, -0.2) is 22.2 Å². The van der Waals surface area contributed by atoms with Crippen LogP contribution in [0.1, 0.15) is 11.1 Å². The van der Waals surface area contributed by atoms with Crippen LogP contribution in [-0.2, 0) is 22.4 Å². The topological polar surface area (TPSA) is 74.6 Å². The minimum atomic E-state index is -1.16. The van der Waals surface area contributed by atoms with Crippen LogP contribution in [0, 0.1) is 0 Å². The van der Waals surface area contributed by atoms with Crippen molar-refractivity contribution < 1.29 is 19.8 Å². The van der Waals surface area contributed by atoms with Crippen LogP contribution in [0.4, 0.5) is 0 Å². The number of carbonyl (C=O) groups is 2. The van der Waals surface area contributed by atoms with Gasteiger partial charge in [-0.25, -0.2) is 0 Å². The molecule has 0 aliphatic carbocycles. The largest absolute Gasteiger partial charge is 0.481 e. The Labute approximate surface area is 122 Å². The van der Waals surface area contributed by atoms with Crippen molar-refractivity contribution in [2.24, 2.45) is 0 Å². The molecule has 0 saturated carbocycles. The number of benzene rings is 1. The molecule has 4 nitrogen and oxygen atoms in total. The molecule has 0 aliphatic rings. The fourth-order valence-electron chi connectivity index (χ4n) is 1.34. The van der Waals surface area contributed by atoms with E-state index in [9.17, 15) is 9.59 Å². The van der Waals surface area contributed by atoms with Gasteiger partial charge in [-0.05, 0) is 0 Å². The second-order valence-corrected chi connectivity index (χ2v) is 4.87. The summed E-state index contributed by atoms with van der Waals surface area (Å²) in [6.45, 7) is 0. The van der Waals surface area contributed by atoms with Crippen molar-refractivity contribution >= 4 is 58.3 Å². The molecule has 1 aromatic carbocycles. The van der Waals surface area contributed by atoms with E-state index in [2.05, 4.69) is 0 Å². The van der Waals surface area contributed by atoms with Crippen molar-refractivity contribution in [1.82, 2.24) is 0 Å². The summed E-state index contributed by atoms with van der Waals surface area (Å²) in [7, 11) is 0. The molecule has 0 amide bonds. The van der Waals surface area contributed by atoms with E-state index in [1.54, 1.807) is 0 Å². The first-order chi connectivity index (χ1) is 8.25. The average Bonchev–Trinajstić information content (AvgIpc) is 2.27. The quantitative estimate of drug-likeness (QED) is 0.827. The molecular formula is C10H6Cl4O4. The van der Waals surface area contributed by atoms with Gasteiger partial charge in [0.2, 0.25) is 0 Å². The zero-order valence-electron chi connectivity index (χ0n) is 8.64. The van der Waals surface area contributed by atoms with Gasteiger partial charge in [-0.2, -0.15) is 0 Å². The van der Waals surface area contributed by atoms with Gasteiger partial charge >= 0.3 is 11.9 Å². The maximum atomic E-state index is 10.7. The van der Waals surface area contributed by atoms with Crippen LogP contribution in [0.5, 0.6) is 0 Å². The molecule has 0 heterocycles. The Morgan fingerprint density at radius 1 is 0.722 bits per heavy atom. The molecule has 0 fully saturated rings. The minimum Gasteiger partial charge on any atom is -0.481 e. The van der Waals surface area contributed by atoms with Gasteiger partial charge in [0.1, 0.15) is 0 Å². The summed E-state index contributed by atoms with van der Waals surface area (Å²) in [6, 6.07) is 0. The smallest absolute Gasteiger partial charge is 0.307 e. The number of hydrogen-bond donors (Lipinski definition) is 2. The fourth-order valence-corrected chi connectivity index (χ4v) is 2.53.